The second kappa shape index (κ2) is 6.46. The van der Waals surface area contributed by atoms with Crippen LogP contribution in [0.1, 0.15) is 12.8 Å². The van der Waals surface area contributed by atoms with Crippen LogP contribution in [0.2, 0.25) is 10.0 Å². The molecule has 0 aromatic heterocycles. The fourth-order valence-electron chi connectivity index (χ4n) is 2.15. The number of hydrogen-bond acceptors (Lipinski definition) is 2. The van der Waals surface area contributed by atoms with Crippen molar-refractivity contribution in [3.8, 4) is 0 Å². The number of carbonyl (C=O) groups excluding carboxylic acids is 1. The maximum atomic E-state index is 12.1. The predicted molar refractivity (Wildman–Crippen MR) is 79.1 cm³/mol. The molecule has 1 fully saturated rings. The van der Waals surface area contributed by atoms with Crippen LogP contribution in [0, 0.1) is 0 Å². The van der Waals surface area contributed by atoms with Crippen molar-refractivity contribution >= 4 is 34.9 Å². The summed E-state index contributed by atoms with van der Waals surface area (Å²) < 4.78 is 0. The lowest BCUT2D eigenvalue weighted by atomic mass is 10.1. The molecule has 6 heteroatoms. The molecule has 1 aliphatic heterocycles. The van der Waals surface area contributed by atoms with Gasteiger partial charge in [0.1, 0.15) is 0 Å². The molecule has 1 aliphatic rings. The zero-order chi connectivity index (χ0) is 13.8. The summed E-state index contributed by atoms with van der Waals surface area (Å²) >= 11 is 11.8. The molecule has 1 heterocycles. The van der Waals surface area contributed by atoms with E-state index in [1.165, 1.54) is 0 Å². The van der Waals surface area contributed by atoms with Crippen LogP contribution >= 0.6 is 23.2 Å². The van der Waals surface area contributed by atoms with E-state index in [4.69, 9.17) is 23.2 Å². The van der Waals surface area contributed by atoms with Crippen molar-refractivity contribution in [2.24, 2.45) is 0 Å². The quantitative estimate of drug-likeness (QED) is 0.881. The Morgan fingerprint density at radius 1 is 1.32 bits per heavy atom. The smallest absolute Gasteiger partial charge is 0.321 e. The molecule has 0 bridgehead atoms. The van der Waals surface area contributed by atoms with Crippen molar-refractivity contribution < 1.29 is 4.79 Å². The number of nitrogens with one attached hydrogen (secondary N) is 2. The summed E-state index contributed by atoms with van der Waals surface area (Å²) in [5, 5.41) is 7.02. The standard InChI is InChI=1S/C13H17Cl2N3O/c1-18(10-4-6-16-7-5-10)13(19)17-9-2-3-11(14)12(15)8-9/h2-3,8,10,16H,4-7H2,1H3,(H,17,19). The van der Waals surface area contributed by atoms with Crippen LogP contribution in [0.3, 0.4) is 0 Å². The molecule has 0 radical (unpaired) electrons. The molecular formula is C13H17Cl2N3O. The molecule has 0 saturated carbocycles. The van der Waals surface area contributed by atoms with Gasteiger partial charge in [0, 0.05) is 18.8 Å². The van der Waals surface area contributed by atoms with E-state index in [-0.39, 0.29) is 12.1 Å². The van der Waals surface area contributed by atoms with Crippen molar-refractivity contribution in [3.63, 3.8) is 0 Å². The third kappa shape index (κ3) is 3.75. The van der Waals surface area contributed by atoms with Gasteiger partial charge in [-0.3, -0.25) is 0 Å². The molecule has 0 spiro atoms. The highest BCUT2D eigenvalue weighted by atomic mass is 35.5. The van der Waals surface area contributed by atoms with Gasteiger partial charge in [-0.1, -0.05) is 23.2 Å². The number of carbonyl (C=O) groups is 1. The average Bonchev–Trinajstić information content (AvgIpc) is 2.43. The summed E-state index contributed by atoms with van der Waals surface area (Å²) in [6.07, 6.45) is 1.95. The molecule has 2 rings (SSSR count). The van der Waals surface area contributed by atoms with Gasteiger partial charge in [-0.05, 0) is 44.1 Å². The number of piperidine rings is 1. The maximum absolute atomic E-state index is 12.1. The van der Waals surface area contributed by atoms with E-state index in [1.807, 2.05) is 7.05 Å². The Balaban J connectivity index is 1.97. The predicted octanol–water partition coefficient (Wildman–Crippen LogP) is 3.21. The lowest BCUT2D eigenvalue weighted by molar-refractivity contribution is 0.189. The fourth-order valence-corrected chi connectivity index (χ4v) is 2.44. The minimum absolute atomic E-state index is 0.120. The summed E-state index contributed by atoms with van der Waals surface area (Å²) in [6.45, 7) is 1.91. The van der Waals surface area contributed by atoms with Crippen LogP contribution in [0.25, 0.3) is 0 Å². The van der Waals surface area contributed by atoms with Crippen LogP contribution in [-0.2, 0) is 0 Å². The van der Waals surface area contributed by atoms with Crippen molar-refractivity contribution in [2.45, 2.75) is 18.9 Å². The highest BCUT2D eigenvalue weighted by molar-refractivity contribution is 6.42. The monoisotopic (exact) mass is 301 g/mol. The van der Waals surface area contributed by atoms with Crippen molar-refractivity contribution in [3.05, 3.63) is 28.2 Å². The first-order chi connectivity index (χ1) is 9.08. The highest BCUT2D eigenvalue weighted by Crippen LogP contribution is 2.25. The molecule has 104 valence electrons. The van der Waals surface area contributed by atoms with Gasteiger partial charge in [-0.15, -0.1) is 0 Å². The second-order valence-corrected chi connectivity index (χ2v) is 5.47. The Morgan fingerprint density at radius 3 is 2.63 bits per heavy atom. The summed E-state index contributed by atoms with van der Waals surface area (Å²) in [6, 6.07) is 5.22. The molecule has 0 unspecified atom stereocenters. The average molecular weight is 302 g/mol. The number of nitrogens with zero attached hydrogens (tertiary/aromatic N) is 1. The molecule has 1 saturated heterocycles. The number of halogens is 2. The number of anilines is 1. The van der Waals surface area contributed by atoms with E-state index in [9.17, 15) is 4.79 Å². The van der Waals surface area contributed by atoms with Gasteiger partial charge in [0.25, 0.3) is 0 Å². The minimum Gasteiger partial charge on any atom is -0.325 e. The summed E-state index contributed by atoms with van der Waals surface area (Å²) in [5.74, 6) is 0. The van der Waals surface area contributed by atoms with Crippen molar-refractivity contribution in [1.82, 2.24) is 10.2 Å². The third-order valence-corrected chi connectivity index (χ3v) is 4.09. The van der Waals surface area contributed by atoms with Gasteiger partial charge in [0.15, 0.2) is 0 Å². The Morgan fingerprint density at radius 2 is 2.00 bits per heavy atom. The molecule has 4 nitrogen and oxygen atoms in total. The Kier molecular flexibility index (Phi) is 4.91. The highest BCUT2D eigenvalue weighted by Gasteiger charge is 2.21. The maximum Gasteiger partial charge on any atom is 0.321 e. The summed E-state index contributed by atoms with van der Waals surface area (Å²) in [4.78, 5) is 13.9. The zero-order valence-corrected chi connectivity index (χ0v) is 12.3. The zero-order valence-electron chi connectivity index (χ0n) is 10.7. The summed E-state index contributed by atoms with van der Waals surface area (Å²) in [7, 11) is 1.82. The molecule has 2 amide bonds. The number of rotatable bonds is 2. The molecule has 0 aliphatic carbocycles. The van der Waals surface area contributed by atoms with Gasteiger partial charge in [0.05, 0.1) is 10.0 Å². The lowest BCUT2D eigenvalue weighted by Crippen LogP contribution is -2.45. The SMILES string of the molecule is CN(C(=O)Nc1ccc(Cl)c(Cl)c1)C1CCNCC1. The number of benzene rings is 1. The normalized spacial score (nSPS) is 16.2. The van der Waals surface area contributed by atoms with Crippen LogP contribution < -0.4 is 10.6 Å². The Labute approximate surface area is 123 Å². The van der Waals surface area contributed by atoms with Crippen LogP contribution in [0.4, 0.5) is 10.5 Å². The van der Waals surface area contributed by atoms with E-state index < -0.39 is 0 Å². The van der Waals surface area contributed by atoms with Crippen molar-refractivity contribution in [2.75, 3.05) is 25.5 Å². The van der Waals surface area contributed by atoms with Gasteiger partial charge in [-0.2, -0.15) is 0 Å². The summed E-state index contributed by atoms with van der Waals surface area (Å²) in [5.41, 5.74) is 0.653. The van der Waals surface area contributed by atoms with Crippen LogP contribution in [-0.4, -0.2) is 37.1 Å². The van der Waals surface area contributed by atoms with E-state index in [1.54, 1.807) is 23.1 Å². The van der Waals surface area contributed by atoms with Gasteiger partial charge < -0.3 is 15.5 Å². The molecule has 19 heavy (non-hydrogen) atoms. The molecule has 0 atom stereocenters. The minimum atomic E-state index is -0.120. The van der Waals surface area contributed by atoms with Gasteiger partial charge >= 0.3 is 6.03 Å². The Bertz CT molecular complexity index is 461. The second-order valence-electron chi connectivity index (χ2n) is 4.65. The number of amides is 2. The topological polar surface area (TPSA) is 44.4 Å². The molecule has 2 N–H and O–H groups in total. The largest absolute Gasteiger partial charge is 0.325 e. The molecule has 1 aromatic rings. The number of urea groups is 1. The van der Waals surface area contributed by atoms with Gasteiger partial charge in [-0.25, -0.2) is 4.79 Å². The lowest BCUT2D eigenvalue weighted by Gasteiger charge is -2.31. The molecule has 1 aromatic carbocycles. The third-order valence-electron chi connectivity index (χ3n) is 3.35. The van der Waals surface area contributed by atoms with Gasteiger partial charge in [0.2, 0.25) is 0 Å². The first-order valence-electron chi connectivity index (χ1n) is 6.27. The van der Waals surface area contributed by atoms with Crippen molar-refractivity contribution in [1.29, 1.82) is 0 Å². The van der Waals surface area contributed by atoms with E-state index in [2.05, 4.69) is 10.6 Å². The molecular weight excluding hydrogens is 285 g/mol. The number of hydrogen-bond donors (Lipinski definition) is 2. The first kappa shape index (κ1) is 14.4. The first-order valence-corrected chi connectivity index (χ1v) is 7.03. The van der Waals surface area contributed by atoms with E-state index >= 15 is 0 Å². The van der Waals surface area contributed by atoms with E-state index in [0.717, 1.165) is 25.9 Å². The van der Waals surface area contributed by atoms with E-state index in [0.29, 0.717) is 15.7 Å². The van der Waals surface area contributed by atoms with Crippen LogP contribution in [0.15, 0.2) is 18.2 Å². The van der Waals surface area contributed by atoms with Crippen LogP contribution in [0.5, 0.6) is 0 Å². The Hall–Kier alpha value is -0.970. The fraction of sp³-hybridized carbons (Fsp3) is 0.462.